The molecule has 1 aliphatic carbocycles. The summed E-state index contributed by atoms with van der Waals surface area (Å²) in [5.74, 6) is -0.426. The Labute approximate surface area is 221 Å². The zero-order valence-corrected chi connectivity index (χ0v) is 21.2. The van der Waals surface area contributed by atoms with Crippen molar-refractivity contribution in [2.24, 2.45) is 0 Å². The second-order valence-electron chi connectivity index (χ2n) is 10.4. The highest BCUT2D eigenvalue weighted by atomic mass is 19.4. The van der Waals surface area contributed by atoms with Gasteiger partial charge >= 0.3 is 6.18 Å². The number of hydrogen-bond donors (Lipinski definition) is 0. The summed E-state index contributed by atoms with van der Waals surface area (Å²) < 4.78 is 54.1. The molecule has 7 heteroatoms. The van der Waals surface area contributed by atoms with E-state index in [1.165, 1.54) is 53.6 Å². The molecule has 1 amide bonds. The number of halogens is 4. The van der Waals surface area contributed by atoms with Gasteiger partial charge in [-0.25, -0.2) is 4.39 Å². The standard InChI is InChI=1S/C31H32F4N2O/c32-25-15-13-23(14-16-25)30(38)37(27-10-6-9-24(21-27)31(33,34)35)26-17-19-36(20-18-26)29-12-5-4-11-28(29)22-7-2-1-3-8-22/h1-3,6-10,13-16,21,26,28-29H,4-5,11-12,17-20H2/t28-,29-/m1/s1. The maximum absolute atomic E-state index is 13.6. The number of amides is 1. The zero-order valence-electron chi connectivity index (χ0n) is 21.2. The van der Waals surface area contributed by atoms with Crippen LogP contribution in [0.15, 0.2) is 78.9 Å². The molecule has 3 aromatic carbocycles. The summed E-state index contributed by atoms with van der Waals surface area (Å²) in [6.45, 7) is 1.54. The van der Waals surface area contributed by atoms with Gasteiger partial charge in [0.1, 0.15) is 5.82 Å². The second kappa shape index (κ2) is 11.3. The Bertz CT molecular complexity index is 1220. The van der Waals surface area contributed by atoms with Crippen molar-refractivity contribution in [2.75, 3.05) is 18.0 Å². The van der Waals surface area contributed by atoms with Gasteiger partial charge in [-0.1, -0.05) is 49.2 Å². The Hall–Kier alpha value is -3.19. The molecule has 5 rings (SSSR count). The van der Waals surface area contributed by atoms with Crippen molar-refractivity contribution < 1.29 is 22.4 Å². The Morgan fingerprint density at radius 3 is 2.18 bits per heavy atom. The van der Waals surface area contributed by atoms with Crippen molar-refractivity contribution in [3.05, 3.63) is 101 Å². The van der Waals surface area contributed by atoms with Crippen molar-refractivity contribution in [3.8, 4) is 0 Å². The summed E-state index contributed by atoms with van der Waals surface area (Å²) in [6.07, 6.45) is 1.46. The van der Waals surface area contributed by atoms with Crippen molar-refractivity contribution in [1.29, 1.82) is 0 Å². The number of benzene rings is 3. The van der Waals surface area contributed by atoms with E-state index in [2.05, 4.69) is 29.2 Å². The first kappa shape index (κ1) is 26.4. The lowest BCUT2D eigenvalue weighted by molar-refractivity contribution is -0.137. The lowest BCUT2D eigenvalue weighted by Gasteiger charge is -2.45. The maximum atomic E-state index is 13.6. The summed E-state index contributed by atoms with van der Waals surface area (Å²) in [6, 6.07) is 20.9. The van der Waals surface area contributed by atoms with Crippen LogP contribution in [-0.2, 0) is 6.18 Å². The van der Waals surface area contributed by atoms with Gasteiger partial charge in [-0.15, -0.1) is 0 Å². The third-order valence-corrected chi connectivity index (χ3v) is 8.05. The molecule has 1 aliphatic heterocycles. The zero-order chi connectivity index (χ0) is 26.7. The van der Waals surface area contributed by atoms with Crippen LogP contribution in [0.5, 0.6) is 0 Å². The van der Waals surface area contributed by atoms with Crippen LogP contribution in [0.4, 0.5) is 23.2 Å². The number of likely N-dealkylation sites (tertiary alicyclic amines) is 1. The van der Waals surface area contributed by atoms with Gasteiger partial charge in [-0.3, -0.25) is 9.69 Å². The summed E-state index contributed by atoms with van der Waals surface area (Å²) in [4.78, 5) is 17.7. The van der Waals surface area contributed by atoms with E-state index in [0.717, 1.165) is 38.1 Å². The molecule has 1 saturated heterocycles. The first-order chi connectivity index (χ1) is 18.3. The number of carbonyl (C=O) groups excluding carboxylic acids is 1. The number of hydrogen-bond acceptors (Lipinski definition) is 2. The largest absolute Gasteiger partial charge is 0.416 e. The van der Waals surface area contributed by atoms with Crippen LogP contribution in [-0.4, -0.2) is 36.0 Å². The van der Waals surface area contributed by atoms with E-state index < -0.39 is 23.5 Å². The van der Waals surface area contributed by atoms with Crippen molar-refractivity contribution >= 4 is 11.6 Å². The minimum atomic E-state index is -4.52. The lowest BCUT2D eigenvalue weighted by Crippen LogP contribution is -2.51. The predicted molar refractivity (Wildman–Crippen MR) is 141 cm³/mol. The molecule has 2 atom stereocenters. The van der Waals surface area contributed by atoms with Crippen LogP contribution in [0.3, 0.4) is 0 Å². The molecule has 0 N–H and O–H groups in total. The number of nitrogens with zero attached hydrogens (tertiary/aromatic N) is 2. The first-order valence-electron chi connectivity index (χ1n) is 13.4. The van der Waals surface area contributed by atoms with Gasteiger partial charge in [-0.2, -0.15) is 13.2 Å². The number of carbonyl (C=O) groups is 1. The number of anilines is 1. The van der Waals surface area contributed by atoms with Crippen molar-refractivity contribution in [3.63, 3.8) is 0 Å². The predicted octanol–water partition coefficient (Wildman–Crippen LogP) is 7.68. The molecule has 1 heterocycles. The van der Waals surface area contributed by atoms with Gasteiger partial charge in [0.2, 0.25) is 0 Å². The molecule has 0 radical (unpaired) electrons. The van der Waals surface area contributed by atoms with Crippen LogP contribution < -0.4 is 4.90 Å². The molecule has 2 fully saturated rings. The average Bonchev–Trinajstić information content (AvgIpc) is 2.94. The molecule has 0 spiro atoms. The van der Waals surface area contributed by atoms with Crippen LogP contribution >= 0.6 is 0 Å². The Kier molecular flexibility index (Phi) is 7.84. The van der Waals surface area contributed by atoms with Gasteiger partial charge in [0.15, 0.2) is 0 Å². The van der Waals surface area contributed by atoms with Gasteiger partial charge in [0.25, 0.3) is 5.91 Å². The fourth-order valence-electron chi connectivity index (χ4n) is 6.17. The molecular weight excluding hydrogens is 492 g/mol. The molecule has 0 bridgehead atoms. The molecule has 38 heavy (non-hydrogen) atoms. The van der Waals surface area contributed by atoms with E-state index in [9.17, 15) is 22.4 Å². The molecule has 0 unspecified atom stereocenters. The van der Waals surface area contributed by atoms with Crippen LogP contribution in [0.2, 0.25) is 0 Å². The molecule has 2 aliphatic rings. The topological polar surface area (TPSA) is 23.6 Å². The second-order valence-corrected chi connectivity index (χ2v) is 10.4. The van der Waals surface area contributed by atoms with E-state index in [1.54, 1.807) is 6.07 Å². The summed E-state index contributed by atoms with van der Waals surface area (Å²) in [5.41, 5.74) is 1.03. The van der Waals surface area contributed by atoms with Gasteiger partial charge < -0.3 is 4.90 Å². The van der Waals surface area contributed by atoms with Crippen molar-refractivity contribution in [1.82, 2.24) is 4.90 Å². The summed E-state index contributed by atoms with van der Waals surface area (Å²) in [7, 11) is 0. The van der Waals surface area contributed by atoms with E-state index >= 15 is 0 Å². The molecule has 0 aromatic heterocycles. The Morgan fingerprint density at radius 2 is 1.50 bits per heavy atom. The summed E-state index contributed by atoms with van der Waals surface area (Å²) in [5, 5.41) is 0. The van der Waals surface area contributed by atoms with E-state index in [-0.39, 0.29) is 17.3 Å². The SMILES string of the molecule is O=C(c1ccc(F)cc1)N(c1cccc(C(F)(F)F)c1)C1CCN([C@@H]2CCCC[C@@H]2c2ccccc2)CC1. The fraction of sp³-hybridized carbons (Fsp3) is 0.387. The smallest absolute Gasteiger partial charge is 0.305 e. The highest BCUT2D eigenvalue weighted by Gasteiger charge is 2.37. The van der Waals surface area contributed by atoms with E-state index in [4.69, 9.17) is 0 Å². The molecule has 200 valence electrons. The quantitative estimate of drug-likeness (QED) is 0.320. The van der Waals surface area contributed by atoms with Crippen LogP contribution in [0.25, 0.3) is 0 Å². The highest BCUT2D eigenvalue weighted by molar-refractivity contribution is 6.06. The van der Waals surface area contributed by atoms with Crippen molar-refractivity contribution in [2.45, 2.75) is 62.7 Å². The number of alkyl halides is 3. The molecule has 3 nitrogen and oxygen atoms in total. The number of piperidine rings is 1. The highest BCUT2D eigenvalue weighted by Crippen LogP contribution is 2.39. The Morgan fingerprint density at radius 1 is 0.816 bits per heavy atom. The van der Waals surface area contributed by atoms with Gasteiger partial charge in [0.05, 0.1) is 5.56 Å². The third-order valence-electron chi connectivity index (χ3n) is 8.05. The van der Waals surface area contributed by atoms with Gasteiger partial charge in [-0.05, 0) is 79.6 Å². The Balaban J connectivity index is 1.39. The first-order valence-corrected chi connectivity index (χ1v) is 13.4. The average molecular weight is 525 g/mol. The monoisotopic (exact) mass is 524 g/mol. The van der Waals surface area contributed by atoms with Crippen LogP contribution in [0, 0.1) is 5.82 Å². The van der Waals surface area contributed by atoms with E-state index in [1.807, 2.05) is 6.07 Å². The van der Waals surface area contributed by atoms with Crippen LogP contribution in [0.1, 0.15) is 65.9 Å². The normalized spacial score (nSPS) is 21.3. The number of rotatable bonds is 5. The lowest BCUT2D eigenvalue weighted by atomic mass is 9.78. The van der Waals surface area contributed by atoms with Gasteiger partial charge in [0, 0.05) is 36.4 Å². The minimum absolute atomic E-state index is 0.215. The molecule has 1 saturated carbocycles. The van der Waals surface area contributed by atoms with E-state index in [0.29, 0.717) is 24.8 Å². The third kappa shape index (κ3) is 5.78. The summed E-state index contributed by atoms with van der Waals surface area (Å²) >= 11 is 0. The molecule has 3 aromatic rings. The fourth-order valence-corrected chi connectivity index (χ4v) is 6.17. The maximum Gasteiger partial charge on any atom is 0.416 e. The molecular formula is C31H32F4N2O. The minimum Gasteiger partial charge on any atom is -0.305 e.